The number of halogens is 2. The Morgan fingerprint density at radius 2 is 2.06 bits per heavy atom. The van der Waals surface area contributed by atoms with E-state index in [4.69, 9.17) is 0 Å². The van der Waals surface area contributed by atoms with Crippen LogP contribution in [0.4, 0.5) is 14.5 Å². The van der Waals surface area contributed by atoms with Crippen LogP contribution in [0.5, 0.6) is 0 Å². The summed E-state index contributed by atoms with van der Waals surface area (Å²) in [7, 11) is 0. The van der Waals surface area contributed by atoms with Gasteiger partial charge in [-0.2, -0.15) is 4.39 Å². The molecule has 1 aromatic rings. The van der Waals surface area contributed by atoms with Crippen LogP contribution in [0.3, 0.4) is 0 Å². The van der Waals surface area contributed by atoms with Crippen LogP contribution in [0.1, 0.15) is 12.5 Å². The van der Waals surface area contributed by atoms with E-state index in [9.17, 15) is 8.78 Å². The molecule has 0 bridgehead atoms. The Bertz CT molecular complexity index is 376. The van der Waals surface area contributed by atoms with Crippen LogP contribution in [-0.2, 0) is 6.42 Å². The molecular weight excluding hydrogens is 212 g/mol. The molecule has 1 aliphatic rings. The zero-order valence-corrected chi connectivity index (χ0v) is 9.26. The minimum Gasteiger partial charge on any atom is -0.367 e. The molecule has 0 saturated carbocycles. The van der Waals surface area contributed by atoms with Crippen LogP contribution in [-0.4, -0.2) is 31.2 Å². The summed E-state index contributed by atoms with van der Waals surface area (Å²) in [5.41, 5.74) is 1.15. The minimum absolute atomic E-state index is 0.425. The Kier molecular flexibility index (Phi) is 3.33. The quantitative estimate of drug-likeness (QED) is 0.773. The smallest absolute Gasteiger partial charge is 0.249 e. The van der Waals surface area contributed by atoms with Crippen molar-refractivity contribution < 1.29 is 8.78 Å². The number of aromatic nitrogens is 1. The van der Waals surface area contributed by atoms with Gasteiger partial charge in [0.15, 0.2) is 5.82 Å². The van der Waals surface area contributed by atoms with Crippen molar-refractivity contribution in [2.45, 2.75) is 13.3 Å². The lowest BCUT2D eigenvalue weighted by Crippen LogP contribution is -2.44. The summed E-state index contributed by atoms with van der Waals surface area (Å²) in [5, 5.41) is 3.22. The highest BCUT2D eigenvalue weighted by molar-refractivity contribution is 5.52. The molecule has 3 nitrogen and oxygen atoms in total. The van der Waals surface area contributed by atoms with Gasteiger partial charge >= 0.3 is 0 Å². The molecule has 1 saturated heterocycles. The number of rotatable bonds is 2. The normalized spacial score (nSPS) is 16.6. The van der Waals surface area contributed by atoms with Gasteiger partial charge in [0.05, 0.1) is 11.9 Å². The summed E-state index contributed by atoms with van der Waals surface area (Å²) < 4.78 is 26.5. The van der Waals surface area contributed by atoms with E-state index >= 15 is 0 Å². The summed E-state index contributed by atoms with van der Waals surface area (Å²) >= 11 is 0. The van der Waals surface area contributed by atoms with Crippen molar-refractivity contribution in [3.63, 3.8) is 0 Å². The molecule has 0 aliphatic carbocycles. The molecule has 1 N–H and O–H groups in total. The maximum Gasteiger partial charge on any atom is 0.249 e. The molecule has 0 unspecified atom stereocenters. The number of pyridine rings is 1. The van der Waals surface area contributed by atoms with Crippen LogP contribution >= 0.6 is 0 Å². The summed E-state index contributed by atoms with van der Waals surface area (Å²) in [6.45, 7) is 5.16. The third-order valence-electron chi connectivity index (χ3n) is 2.87. The van der Waals surface area contributed by atoms with Crippen LogP contribution in [0.2, 0.25) is 0 Å². The number of piperazine rings is 1. The van der Waals surface area contributed by atoms with Crippen molar-refractivity contribution in [3.05, 3.63) is 23.5 Å². The third-order valence-corrected chi connectivity index (χ3v) is 2.87. The molecular formula is C11H15F2N3. The number of anilines is 1. The molecule has 2 rings (SSSR count). The molecule has 0 radical (unpaired) electrons. The molecule has 1 aromatic heterocycles. The van der Waals surface area contributed by atoms with Gasteiger partial charge in [-0.1, -0.05) is 6.92 Å². The average molecular weight is 227 g/mol. The highest BCUT2D eigenvalue weighted by Gasteiger charge is 2.19. The number of nitrogens with zero attached hydrogens (tertiary/aromatic N) is 2. The van der Waals surface area contributed by atoms with Gasteiger partial charge in [0, 0.05) is 31.7 Å². The van der Waals surface area contributed by atoms with Crippen molar-refractivity contribution in [1.29, 1.82) is 0 Å². The van der Waals surface area contributed by atoms with Crippen molar-refractivity contribution >= 4 is 5.69 Å². The zero-order valence-electron chi connectivity index (χ0n) is 9.26. The van der Waals surface area contributed by atoms with Crippen molar-refractivity contribution in [2.75, 3.05) is 31.1 Å². The first kappa shape index (κ1) is 11.3. The molecule has 0 amide bonds. The van der Waals surface area contributed by atoms with Crippen LogP contribution in [0, 0.1) is 11.8 Å². The highest BCUT2D eigenvalue weighted by atomic mass is 19.2. The molecule has 1 aliphatic heterocycles. The van der Waals surface area contributed by atoms with E-state index in [0.717, 1.165) is 31.9 Å². The summed E-state index contributed by atoms with van der Waals surface area (Å²) in [6.07, 6.45) is 1.91. The molecule has 0 atom stereocenters. The lowest BCUT2D eigenvalue weighted by molar-refractivity contribution is 0.469. The number of hydrogen-bond acceptors (Lipinski definition) is 3. The van der Waals surface area contributed by atoms with Crippen molar-refractivity contribution in [3.8, 4) is 0 Å². The molecule has 88 valence electrons. The molecule has 0 aromatic carbocycles. The van der Waals surface area contributed by atoms with Gasteiger partial charge in [0.25, 0.3) is 0 Å². The van der Waals surface area contributed by atoms with E-state index in [1.165, 1.54) is 6.20 Å². The Labute approximate surface area is 93.5 Å². The van der Waals surface area contributed by atoms with E-state index in [1.807, 2.05) is 11.8 Å². The Hall–Kier alpha value is -1.23. The SMILES string of the molecule is CCc1c(N2CCNCC2)cnc(F)c1F. The minimum atomic E-state index is -1.00. The molecule has 2 heterocycles. The Morgan fingerprint density at radius 1 is 1.38 bits per heavy atom. The largest absolute Gasteiger partial charge is 0.367 e. The first-order chi connectivity index (χ1) is 7.74. The van der Waals surface area contributed by atoms with Gasteiger partial charge in [-0.05, 0) is 6.42 Å². The summed E-state index contributed by atoms with van der Waals surface area (Å²) in [5.74, 6) is -1.81. The Morgan fingerprint density at radius 3 is 2.69 bits per heavy atom. The van der Waals surface area contributed by atoms with E-state index in [-0.39, 0.29) is 0 Å². The maximum absolute atomic E-state index is 13.5. The number of hydrogen-bond donors (Lipinski definition) is 1. The van der Waals surface area contributed by atoms with Gasteiger partial charge in [-0.15, -0.1) is 0 Å². The van der Waals surface area contributed by atoms with Crippen molar-refractivity contribution in [1.82, 2.24) is 10.3 Å². The van der Waals surface area contributed by atoms with Gasteiger partial charge < -0.3 is 10.2 Å². The molecule has 5 heteroatoms. The van der Waals surface area contributed by atoms with Crippen LogP contribution in [0.15, 0.2) is 6.20 Å². The van der Waals surface area contributed by atoms with Gasteiger partial charge in [0.1, 0.15) is 0 Å². The summed E-state index contributed by atoms with van der Waals surface area (Å²) in [4.78, 5) is 5.51. The lowest BCUT2D eigenvalue weighted by Gasteiger charge is -2.30. The topological polar surface area (TPSA) is 28.2 Å². The standard InChI is InChI=1S/C11H15F2N3/c1-2-8-9(7-15-11(13)10(8)12)16-5-3-14-4-6-16/h7,14H,2-6H2,1H3. The van der Waals surface area contributed by atoms with E-state index in [1.54, 1.807) is 0 Å². The third kappa shape index (κ3) is 2.00. The Balaban J connectivity index is 2.35. The predicted octanol–water partition coefficient (Wildman–Crippen LogP) is 1.33. The van der Waals surface area contributed by atoms with Gasteiger partial charge in [0.2, 0.25) is 5.95 Å². The fraction of sp³-hybridized carbons (Fsp3) is 0.545. The first-order valence-electron chi connectivity index (χ1n) is 5.52. The van der Waals surface area contributed by atoms with E-state index < -0.39 is 11.8 Å². The zero-order chi connectivity index (χ0) is 11.5. The number of nitrogens with one attached hydrogen (secondary N) is 1. The van der Waals surface area contributed by atoms with E-state index in [0.29, 0.717) is 12.0 Å². The average Bonchev–Trinajstić information content (AvgIpc) is 2.33. The van der Waals surface area contributed by atoms with Crippen LogP contribution < -0.4 is 10.2 Å². The molecule has 1 fully saturated rings. The lowest BCUT2D eigenvalue weighted by atomic mass is 10.1. The van der Waals surface area contributed by atoms with Crippen molar-refractivity contribution in [2.24, 2.45) is 0 Å². The second kappa shape index (κ2) is 4.74. The highest BCUT2D eigenvalue weighted by Crippen LogP contribution is 2.24. The second-order valence-electron chi connectivity index (χ2n) is 3.82. The van der Waals surface area contributed by atoms with E-state index in [2.05, 4.69) is 10.3 Å². The van der Waals surface area contributed by atoms with Gasteiger partial charge in [-0.25, -0.2) is 9.37 Å². The van der Waals surface area contributed by atoms with Crippen LogP contribution in [0.25, 0.3) is 0 Å². The fourth-order valence-corrected chi connectivity index (χ4v) is 2.00. The first-order valence-corrected chi connectivity index (χ1v) is 5.52. The fourth-order valence-electron chi connectivity index (χ4n) is 2.00. The second-order valence-corrected chi connectivity index (χ2v) is 3.82. The predicted molar refractivity (Wildman–Crippen MR) is 58.6 cm³/mol. The maximum atomic E-state index is 13.5. The molecule has 0 spiro atoms. The summed E-state index contributed by atoms with van der Waals surface area (Å²) in [6, 6.07) is 0. The monoisotopic (exact) mass is 227 g/mol. The van der Waals surface area contributed by atoms with Gasteiger partial charge in [-0.3, -0.25) is 0 Å². The molecule has 16 heavy (non-hydrogen) atoms.